The van der Waals surface area contributed by atoms with E-state index in [2.05, 4.69) is 20.3 Å². The Morgan fingerprint density at radius 3 is 2.77 bits per heavy atom. The molecule has 10 heteroatoms. The molecule has 2 aromatic heterocycles. The fourth-order valence-corrected chi connectivity index (χ4v) is 4.77. The number of anilines is 2. The number of likely N-dealkylation sites (tertiary alicyclic amines) is 1. The van der Waals surface area contributed by atoms with Crippen LogP contribution in [0.1, 0.15) is 12.1 Å². The zero-order valence-corrected chi connectivity index (χ0v) is 22.8. The van der Waals surface area contributed by atoms with Crippen molar-refractivity contribution in [3.63, 3.8) is 0 Å². The van der Waals surface area contributed by atoms with Gasteiger partial charge in [-0.15, -0.1) is 0 Å². The molecule has 0 aliphatic carbocycles. The van der Waals surface area contributed by atoms with Crippen LogP contribution < -0.4 is 14.8 Å². The zero-order chi connectivity index (χ0) is 27.2. The Morgan fingerprint density at radius 1 is 1.08 bits per heavy atom. The molecular weight excluding hydrogens is 516 g/mol. The number of amides is 1. The molecule has 1 atom stereocenters. The molecule has 1 aliphatic rings. The van der Waals surface area contributed by atoms with Crippen LogP contribution in [-0.2, 0) is 11.4 Å². The largest absolute Gasteiger partial charge is 0.492 e. The molecule has 0 unspecified atom stereocenters. The highest BCUT2D eigenvalue weighted by Gasteiger charge is 2.27. The lowest BCUT2D eigenvalue weighted by Crippen LogP contribution is -2.36. The van der Waals surface area contributed by atoms with Gasteiger partial charge in [0.05, 0.1) is 34.8 Å². The number of likely N-dealkylation sites (N-methyl/N-ethyl adjacent to an activating group) is 1. The first-order valence-corrected chi connectivity index (χ1v) is 13.2. The fourth-order valence-electron chi connectivity index (χ4n) is 4.53. The van der Waals surface area contributed by atoms with Gasteiger partial charge in [-0.05, 0) is 63.0 Å². The highest BCUT2D eigenvalue weighted by Crippen LogP contribution is 2.34. The molecule has 2 aromatic carbocycles. The summed E-state index contributed by atoms with van der Waals surface area (Å²) in [5.41, 5.74) is 2.34. The van der Waals surface area contributed by atoms with Gasteiger partial charge in [-0.3, -0.25) is 9.78 Å². The van der Waals surface area contributed by atoms with Crippen LogP contribution in [0.4, 0.5) is 11.5 Å². The number of rotatable bonds is 10. The minimum absolute atomic E-state index is 0.152. The van der Waals surface area contributed by atoms with Gasteiger partial charge in [0, 0.05) is 30.9 Å². The molecule has 0 spiro atoms. The standard InChI is InChI=1S/C29H31ClN6O3/c1-35(2)16-27(37)36-13-11-20(15-36)17-38-26-8-5-7-24-28(26)29(33-19-32-24)34-21-9-10-25(23(30)14-21)39-18-22-6-3-4-12-31-22/h3-10,12,14,19-20H,11,13,15-18H2,1-2H3,(H,32,33,34)/t20-/m1/s1. The Bertz CT molecular complexity index is 1430. The van der Waals surface area contributed by atoms with Crippen LogP contribution >= 0.6 is 11.6 Å². The van der Waals surface area contributed by atoms with Crippen molar-refractivity contribution in [3.8, 4) is 11.5 Å². The lowest BCUT2D eigenvalue weighted by Gasteiger charge is -2.19. The first-order valence-electron chi connectivity index (χ1n) is 12.8. The maximum atomic E-state index is 12.4. The fraction of sp³-hybridized carbons (Fsp3) is 0.310. The van der Waals surface area contributed by atoms with Crippen molar-refractivity contribution in [1.29, 1.82) is 0 Å². The number of pyridine rings is 1. The van der Waals surface area contributed by atoms with Crippen LogP contribution in [0, 0.1) is 5.92 Å². The third-order valence-electron chi connectivity index (χ3n) is 6.49. The van der Waals surface area contributed by atoms with Gasteiger partial charge < -0.3 is 24.6 Å². The van der Waals surface area contributed by atoms with E-state index in [1.165, 1.54) is 6.33 Å². The number of ether oxygens (including phenoxy) is 2. The molecule has 0 bridgehead atoms. The van der Waals surface area contributed by atoms with E-state index in [0.717, 1.165) is 35.2 Å². The minimum Gasteiger partial charge on any atom is -0.492 e. The quantitative estimate of drug-likeness (QED) is 0.303. The van der Waals surface area contributed by atoms with Crippen molar-refractivity contribution in [2.45, 2.75) is 13.0 Å². The molecule has 202 valence electrons. The van der Waals surface area contributed by atoms with Gasteiger partial charge in [-0.1, -0.05) is 23.7 Å². The molecule has 39 heavy (non-hydrogen) atoms. The summed E-state index contributed by atoms with van der Waals surface area (Å²) < 4.78 is 12.1. The van der Waals surface area contributed by atoms with Crippen molar-refractivity contribution in [2.75, 3.05) is 45.7 Å². The molecule has 0 radical (unpaired) electrons. The van der Waals surface area contributed by atoms with Gasteiger partial charge in [-0.2, -0.15) is 0 Å². The zero-order valence-electron chi connectivity index (χ0n) is 22.0. The lowest BCUT2D eigenvalue weighted by atomic mass is 10.1. The van der Waals surface area contributed by atoms with E-state index in [1.54, 1.807) is 12.3 Å². The van der Waals surface area contributed by atoms with E-state index in [4.69, 9.17) is 21.1 Å². The molecule has 1 aliphatic heterocycles. The summed E-state index contributed by atoms with van der Waals surface area (Å²) in [7, 11) is 3.81. The first-order chi connectivity index (χ1) is 19.0. The third kappa shape index (κ3) is 6.74. The van der Waals surface area contributed by atoms with Crippen molar-refractivity contribution in [3.05, 3.63) is 77.8 Å². The van der Waals surface area contributed by atoms with Crippen LogP contribution in [-0.4, -0.2) is 71.0 Å². The molecule has 1 saturated heterocycles. The Morgan fingerprint density at radius 2 is 1.97 bits per heavy atom. The number of benzene rings is 2. The molecule has 3 heterocycles. The number of halogens is 1. The van der Waals surface area contributed by atoms with E-state index in [-0.39, 0.29) is 11.8 Å². The van der Waals surface area contributed by atoms with Crippen LogP contribution in [0.3, 0.4) is 0 Å². The molecule has 1 N–H and O–H groups in total. The lowest BCUT2D eigenvalue weighted by molar-refractivity contribution is -0.130. The molecule has 4 aromatic rings. The van der Waals surface area contributed by atoms with Gasteiger partial charge in [0.1, 0.15) is 30.3 Å². The average Bonchev–Trinajstić information content (AvgIpc) is 3.41. The van der Waals surface area contributed by atoms with Crippen molar-refractivity contribution < 1.29 is 14.3 Å². The van der Waals surface area contributed by atoms with Gasteiger partial charge in [0.2, 0.25) is 5.91 Å². The van der Waals surface area contributed by atoms with Crippen LogP contribution in [0.25, 0.3) is 10.9 Å². The maximum Gasteiger partial charge on any atom is 0.236 e. The first kappa shape index (κ1) is 26.6. The second-order valence-corrected chi connectivity index (χ2v) is 10.2. The SMILES string of the molecule is CN(C)CC(=O)N1CC[C@@H](COc2cccc3ncnc(Nc4ccc(OCc5ccccn5)c(Cl)c4)c23)C1. The predicted octanol–water partition coefficient (Wildman–Crippen LogP) is 4.79. The highest BCUT2D eigenvalue weighted by atomic mass is 35.5. The number of fused-ring (bicyclic) bond motifs is 1. The summed E-state index contributed by atoms with van der Waals surface area (Å²) in [5.74, 6) is 2.29. The van der Waals surface area contributed by atoms with Gasteiger partial charge in [0.15, 0.2) is 0 Å². The topological polar surface area (TPSA) is 92.7 Å². The number of carbonyl (C=O) groups is 1. The van der Waals surface area contributed by atoms with Gasteiger partial charge in [0.25, 0.3) is 0 Å². The summed E-state index contributed by atoms with van der Waals surface area (Å²) in [6.45, 7) is 2.71. The Kier molecular flexibility index (Phi) is 8.39. The average molecular weight is 547 g/mol. The number of hydrogen-bond acceptors (Lipinski definition) is 8. The monoisotopic (exact) mass is 546 g/mol. The van der Waals surface area contributed by atoms with Gasteiger partial charge >= 0.3 is 0 Å². The molecule has 1 amide bonds. The van der Waals surface area contributed by atoms with Crippen LogP contribution in [0.15, 0.2) is 67.1 Å². The number of nitrogens with zero attached hydrogens (tertiary/aromatic N) is 5. The molecule has 5 rings (SSSR count). The number of hydrogen-bond donors (Lipinski definition) is 1. The van der Waals surface area contributed by atoms with E-state index < -0.39 is 0 Å². The van der Waals surface area contributed by atoms with Crippen molar-refractivity contribution in [1.82, 2.24) is 24.8 Å². The van der Waals surface area contributed by atoms with Crippen LogP contribution in [0.5, 0.6) is 11.5 Å². The second kappa shape index (κ2) is 12.3. The third-order valence-corrected chi connectivity index (χ3v) is 6.78. The van der Waals surface area contributed by atoms with Crippen LogP contribution in [0.2, 0.25) is 5.02 Å². The smallest absolute Gasteiger partial charge is 0.236 e. The van der Waals surface area contributed by atoms with E-state index in [9.17, 15) is 4.79 Å². The van der Waals surface area contributed by atoms with Crippen molar-refractivity contribution in [2.24, 2.45) is 5.92 Å². The molecule has 0 saturated carbocycles. The van der Waals surface area contributed by atoms with Crippen molar-refractivity contribution >= 4 is 39.9 Å². The number of carbonyl (C=O) groups excluding carboxylic acids is 1. The summed E-state index contributed by atoms with van der Waals surface area (Å²) in [6, 6.07) is 16.9. The molecular formula is C29H31ClN6O3. The highest BCUT2D eigenvalue weighted by molar-refractivity contribution is 6.32. The molecule has 1 fully saturated rings. The molecule has 9 nitrogen and oxygen atoms in total. The van der Waals surface area contributed by atoms with Gasteiger partial charge in [-0.25, -0.2) is 9.97 Å². The summed E-state index contributed by atoms with van der Waals surface area (Å²) in [4.78, 5) is 29.4. The maximum absolute atomic E-state index is 12.4. The number of aromatic nitrogens is 3. The Labute approximate surface area is 232 Å². The Balaban J connectivity index is 1.27. The summed E-state index contributed by atoms with van der Waals surface area (Å²) in [5, 5.41) is 4.61. The minimum atomic E-state index is 0.152. The van der Waals surface area contributed by atoms with E-state index in [0.29, 0.717) is 48.6 Å². The normalized spacial score (nSPS) is 15.1. The summed E-state index contributed by atoms with van der Waals surface area (Å²) in [6.07, 6.45) is 4.16. The predicted molar refractivity (Wildman–Crippen MR) is 152 cm³/mol. The summed E-state index contributed by atoms with van der Waals surface area (Å²) >= 11 is 6.52. The van der Waals surface area contributed by atoms with E-state index >= 15 is 0 Å². The van der Waals surface area contributed by atoms with E-state index in [1.807, 2.05) is 72.4 Å². The second-order valence-electron chi connectivity index (χ2n) is 9.80. The Hall–Kier alpha value is -3.95. The number of nitrogens with one attached hydrogen (secondary N) is 1.